The molecular formula is C16H29ClN4S. The van der Waals surface area contributed by atoms with Crippen molar-refractivity contribution in [3.05, 3.63) is 16.1 Å². The predicted octanol–water partition coefficient (Wildman–Crippen LogP) is 2.34. The van der Waals surface area contributed by atoms with Crippen LogP contribution in [0.3, 0.4) is 0 Å². The van der Waals surface area contributed by atoms with Gasteiger partial charge in [0.15, 0.2) is 0 Å². The zero-order chi connectivity index (χ0) is 14.9. The summed E-state index contributed by atoms with van der Waals surface area (Å²) in [7, 11) is 0. The summed E-state index contributed by atoms with van der Waals surface area (Å²) in [5.74, 6) is 0. The second kappa shape index (κ2) is 7.58. The van der Waals surface area contributed by atoms with Crippen molar-refractivity contribution in [1.29, 1.82) is 0 Å². The summed E-state index contributed by atoms with van der Waals surface area (Å²) in [6, 6.07) is 0.757. The average molecular weight is 345 g/mol. The van der Waals surface area contributed by atoms with Crippen LogP contribution in [0.2, 0.25) is 0 Å². The zero-order valence-corrected chi connectivity index (χ0v) is 15.6. The van der Waals surface area contributed by atoms with E-state index in [-0.39, 0.29) is 17.8 Å². The van der Waals surface area contributed by atoms with E-state index in [1.54, 1.807) is 0 Å². The topological polar surface area (TPSA) is 31.4 Å². The second-order valence-electron chi connectivity index (χ2n) is 7.36. The van der Waals surface area contributed by atoms with Crippen molar-refractivity contribution in [1.82, 2.24) is 20.1 Å². The van der Waals surface area contributed by atoms with E-state index in [0.717, 1.165) is 25.7 Å². The summed E-state index contributed by atoms with van der Waals surface area (Å²) >= 11 is 1.81. The Balaban J connectivity index is 0.00000176. The molecule has 1 unspecified atom stereocenters. The first kappa shape index (κ1) is 18.1. The molecular weight excluding hydrogens is 316 g/mol. The standard InChI is InChI=1S/C16H28N4S.ClH/c1-16(2,3)15-18-13(12-21-15)10-19-7-4-14(11-19)20-8-5-17-6-9-20;/h12,14,17H,4-11H2,1-3H3;1H. The molecule has 6 heteroatoms. The molecule has 2 aliphatic heterocycles. The van der Waals surface area contributed by atoms with Gasteiger partial charge in [0.25, 0.3) is 0 Å². The molecule has 1 aromatic heterocycles. The summed E-state index contributed by atoms with van der Waals surface area (Å²) in [4.78, 5) is 10.1. The maximum atomic E-state index is 4.84. The number of nitrogens with zero attached hydrogens (tertiary/aromatic N) is 3. The van der Waals surface area contributed by atoms with E-state index in [1.807, 2.05) is 11.3 Å². The Morgan fingerprint density at radius 1 is 1.27 bits per heavy atom. The third-order valence-corrected chi connectivity index (χ3v) is 5.81. The Morgan fingerprint density at radius 2 is 2.00 bits per heavy atom. The monoisotopic (exact) mass is 344 g/mol. The van der Waals surface area contributed by atoms with E-state index in [4.69, 9.17) is 4.98 Å². The minimum Gasteiger partial charge on any atom is -0.314 e. The van der Waals surface area contributed by atoms with Gasteiger partial charge in [-0.15, -0.1) is 23.7 Å². The summed E-state index contributed by atoms with van der Waals surface area (Å²) in [6.45, 7) is 14.9. The number of thiazole rings is 1. The molecule has 3 rings (SSSR count). The molecule has 2 aliphatic rings. The molecule has 0 saturated carbocycles. The highest BCUT2D eigenvalue weighted by Crippen LogP contribution is 2.26. The second-order valence-corrected chi connectivity index (χ2v) is 8.22. The first-order valence-corrected chi connectivity index (χ1v) is 9.02. The smallest absolute Gasteiger partial charge is 0.0982 e. The minimum atomic E-state index is 0. The van der Waals surface area contributed by atoms with Gasteiger partial charge in [-0.25, -0.2) is 4.98 Å². The van der Waals surface area contributed by atoms with Gasteiger partial charge >= 0.3 is 0 Å². The van der Waals surface area contributed by atoms with Gasteiger partial charge in [0, 0.05) is 62.7 Å². The molecule has 3 heterocycles. The normalized spacial score (nSPS) is 24.4. The molecule has 0 amide bonds. The largest absolute Gasteiger partial charge is 0.314 e. The first-order valence-electron chi connectivity index (χ1n) is 8.14. The summed E-state index contributed by atoms with van der Waals surface area (Å²) < 4.78 is 0. The SMILES string of the molecule is CC(C)(C)c1nc(CN2CCC(N3CCNCC3)C2)cs1.Cl. The van der Waals surface area contributed by atoms with Crippen molar-refractivity contribution in [3.63, 3.8) is 0 Å². The predicted molar refractivity (Wildman–Crippen MR) is 96.2 cm³/mol. The Bertz CT molecular complexity index is 465. The highest BCUT2D eigenvalue weighted by Gasteiger charge is 2.29. The fourth-order valence-corrected chi connectivity index (χ4v) is 4.15. The maximum Gasteiger partial charge on any atom is 0.0982 e. The highest BCUT2D eigenvalue weighted by molar-refractivity contribution is 7.09. The summed E-state index contributed by atoms with van der Waals surface area (Å²) in [5, 5.41) is 6.95. The van der Waals surface area contributed by atoms with Crippen LogP contribution in [0.25, 0.3) is 0 Å². The third kappa shape index (κ3) is 4.42. The van der Waals surface area contributed by atoms with Gasteiger partial charge in [-0.2, -0.15) is 0 Å². The van der Waals surface area contributed by atoms with Crippen LogP contribution in [0.1, 0.15) is 37.9 Å². The van der Waals surface area contributed by atoms with E-state index < -0.39 is 0 Å². The Morgan fingerprint density at radius 3 is 2.64 bits per heavy atom. The molecule has 4 nitrogen and oxygen atoms in total. The van der Waals surface area contributed by atoms with E-state index in [1.165, 1.54) is 43.3 Å². The van der Waals surface area contributed by atoms with Gasteiger partial charge in [0.1, 0.15) is 0 Å². The lowest BCUT2D eigenvalue weighted by Gasteiger charge is -2.32. The number of likely N-dealkylation sites (tertiary alicyclic amines) is 1. The maximum absolute atomic E-state index is 4.84. The third-order valence-electron chi connectivity index (χ3n) is 4.49. The summed E-state index contributed by atoms with van der Waals surface area (Å²) in [6.07, 6.45) is 1.32. The van der Waals surface area contributed by atoms with Crippen molar-refractivity contribution in [2.45, 2.75) is 45.2 Å². The fourth-order valence-electron chi connectivity index (χ4n) is 3.25. The summed E-state index contributed by atoms with van der Waals surface area (Å²) in [5.41, 5.74) is 1.43. The zero-order valence-electron chi connectivity index (χ0n) is 14.0. The lowest BCUT2D eigenvalue weighted by atomic mass is 9.98. The van der Waals surface area contributed by atoms with Crippen LogP contribution < -0.4 is 5.32 Å². The number of halogens is 1. The van der Waals surface area contributed by atoms with Crippen molar-refractivity contribution in [3.8, 4) is 0 Å². The van der Waals surface area contributed by atoms with Gasteiger partial charge < -0.3 is 5.32 Å². The molecule has 0 aromatic carbocycles. The molecule has 1 aromatic rings. The van der Waals surface area contributed by atoms with Crippen LogP contribution >= 0.6 is 23.7 Å². The average Bonchev–Trinajstić information content (AvgIpc) is 3.09. The highest BCUT2D eigenvalue weighted by atomic mass is 35.5. The Kier molecular flexibility index (Phi) is 6.25. The van der Waals surface area contributed by atoms with Crippen LogP contribution in [-0.4, -0.2) is 60.1 Å². The van der Waals surface area contributed by atoms with E-state index >= 15 is 0 Å². The van der Waals surface area contributed by atoms with Gasteiger partial charge in [-0.1, -0.05) is 20.8 Å². The van der Waals surface area contributed by atoms with E-state index in [9.17, 15) is 0 Å². The van der Waals surface area contributed by atoms with E-state index in [2.05, 4.69) is 41.3 Å². The Labute approximate surface area is 144 Å². The van der Waals surface area contributed by atoms with Crippen molar-refractivity contribution in [2.75, 3.05) is 39.3 Å². The lowest BCUT2D eigenvalue weighted by Crippen LogP contribution is -2.49. The molecule has 22 heavy (non-hydrogen) atoms. The molecule has 2 saturated heterocycles. The quantitative estimate of drug-likeness (QED) is 0.912. The van der Waals surface area contributed by atoms with Gasteiger partial charge in [-0.3, -0.25) is 9.80 Å². The number of rotatable bonds is 3. The molecule has 0 spiro atoms. The van der Waals surface area contributed by atoms with Crippen LogP contribution in [0.4, 0.5) is 0 Å². The van der Waals surface area contributed by atoms with Crippen LogP contribution in [0.15, 0.2) is 5.38 Å². The van der Waals surface area contributed by atoms with Crippen LogP contribution in [0, 0.1) is 0 Å². The number of hydrogen-bond acceptors (Lipinski definition) is 5. The first-order chi connectivity index (χ1) is 10.0. The molecule has 2 fully saturated rings. The van der Waals surface area contributed by atoms with Crippen molar-refractivity contribution >= 4 is 23.7 Å². The fraction of sp³-hybridized carbons (Fsp3) is 0.812. The van der Waals surface area contributed by atoms with E-state index in [0.29, 0.717) is 0 Å². The number of aromatic nitrogens is 1. The van der Waals surface area contributed by atoms with Crippen molar-refractivity contribution in [2.24, 2.45) is 0 Å². The lowest BCUT2D eigenvalue weighted by molar-refractivity contribution is 0.170. The Hall–Kier alpha value is -0.200. The molecule has 1 N–H and O–H groups in total. The molecule has 0 bridgehead atoms. The van der Waals surface area contributed by atoms with Gasteiger partial charge in [0.05, 0.1) is 10.7 Å². The minimum absolute atomic E-state index is 0. The molecule has 0 radical (unpaired) electrons. The number of nitrogens with one attached hydrogen (secondary N) is 1. The van der Waals surface area contributed by atoms with Crippen LogP contribution in [0.5, 0.6) is 0 Å². The van der Waals surface area contributed by atoms with Gasteiger partial charge in [0.2, 0.25) is 0 Å². The van der Waals surface area contributed by atoms with Gasteiger partial charge in [-0.05, 0) is 6.42 Å². The molecule has 1 atom stereocenters. The van der Waals surface area contributed by atoms with Crippen LogP contribution in [-0.2, 0) is 12.0 Å². The number of piperazine rings is 1. The van der Waals surface area contributed by atoms with Crippen molar-refractivity contribution < 1.29 is 0 Å². The molecule has 126 valence electrons. The number of hydrogen-bond donors (Lipinski definition) is 1. The molecule has 0 aliphatic carbocycles.